The molecule has 0 spiro atoms. The predicted octanol–water partition coefficient (Wildman–Crippen LogP) is 6.52. The molecule has 1 aromatic heterocycles. The van der Waals surface area contributed by atoms with Crippen LogP contribution in [0.15, 0.2) is 59.1 Å². The van der Waals surface area contributed by atoms with Gasteiger partial charge in [-0.1, -0.05) is 66.7 Å². The van der Waals surface area contributed by atoms with Crippen LogP contribution in [0, 0.1) is 18.8 Å². The summed E-state index contributed by atoms with van der Waals surface area (Å²) in [6.07, 6.45) is 7.01. The third kappa shape index (κ3) is 5.12. The van der Waals surface area contributed by atoms with Gasteiger partial charge in [0, 0.05) is 18.0 Å². The summed E-state index contributed by atoms with van der Waals surface area (Å²) in [6.45, 7) is 4.42. The van der Waals surface area contributed by atoms with Crippen LogP contribution in [0.3, 0.4) is 0 Å². The number of hydrogen-bond acceptors (Lipinski definition) is 4. The SMILES string of the molecule is CCC(C1CCC(CCc2nc(-c3ccccc3C)no2)C(c2ccccc2)C1)N(C)C. The molecule has 0 saturated heterocycles. The van der Waals surface area contributed by atoms with E-state index in [1.54, 1.807) is 0 Å². The van der Waals surface area contributed by atoms with Gasteiger partial charge in [-0.05, 0) is 82.0 Å². The average Bonchev–Trinajstić information content (AvgIpc) is 3.28. The maximum atomic E-state index is 5.65. The predicted molar refractivity (Wildman–Crippen MR) is 131 cm³/mol. The fourth-order valence-corrected chi connectivity index (χ4v) is 5.79. The lowest BCUT2D eigenvalue weighted by molar-refractivity contribution is 0.125. The van der Waals surface area contributed by atoms with Crippen LogP contribution in [-0.4, -0.2) is 35.2 Å². The van der Waals surface area contributed by atoms with E-state index >= 15 is 0 Å². The summed E-state index contributed by atoms with van der Waals surface area (Å²) >= 11 is 0. The van der Waals surface area contributed by atoms with Crippen LogP contribution >= 0.6 is 0 Å². The molecule has 0 amide bonds. The van der Waals surface area contributed by atoms with Crippen molar-refractivity contribution in [1.29, 1.82) is 0 Å². The molecule has 1 saturated carbocycles. The van der Waals surface area contributed by atoms with Gasteiger partial charge in [0.15, 0.2) is 0 Å². The lowest BCUT2D eigenvalue weighted by Crippen LogP contribution is -2.38. The van der Waals surface area contributed by atoms with Crippen LogP contribution in [0.4, 0.5) is 0 Å². The highest BCUT2D eigenvalue weighted by molar-refractivity contribution is 5.58. The summed E-state index contributed by atoms with van der Waals surface area (Å²) in [5.74, 6) is 3.48. The van der Waals surface area contributed by atoms with Crippen molar-refractivity contribution in [2.24, 2.45) is 11.8 Å². The van der Waals surface area contributed by atoms with Crippen LogP contribution in [-0.2, 0) is 6.42 Å². The minimum atomic E-state index is 0.600. The van der Waals surface area contributed by atoms with Gasteiger partial charge in [0.1, 0.15) is 0 Å². The Balaban J connectivity index is 1.47. The van der Waals surface area contributed by atoms with E-state index in [-0.39, 0.29) is 0 Å². The Labute approximate surface area is 193 Å². The summed E-state index contributed by atoms with van der Waals surface area (Å²) in [4.78, 5) is 7.15. The molecule has 4 unspecified atom stereocenters. The third-order valence-electron chi connectivity index (χ3n) is 7.47. The Morgan fingerprint density at radius 1 is 1.03 bits per heavy atom. The molecule has 0 radical (unpaired) electrons. The van der Waals surface area contributed by atoms with Gasteiger partial charge in [-0.3, -0.25) is 0 Å². The van der Waals surface area contributed by atoms with E-state index in [4.69, 9.17) is 9.51 Å². The first-order valence-corrected chi connectivity index (χ1v) is 12.2. The first kappa shape index (κ1) is 22.7. The van der Waals surface area contributed by atoms with E-state index in [9.17, 15) is 0 Å². The summed E-state index contributed by atoms with van der Waals surface area (Å²) in [6, 6.07) is 20.0. The van der Waals surface area contributed by atoms with Gasteiger partial charge >= 0.3 is 0 Å². The quantitative estimate of drug-likeness (QED) is 0.407. The molecule has 1 aliphatic carbocycles. The maximum Gasteiger partial charge on any atom is 0.226 e. The van der Waals surface area contributed by atoms with Gasteiger partial charge in [0.25, 0.3) is 0 Å². The highest BCUT2D eigenvalue weighted by atomic mass is 16.5. The van der Waals surface area contributed by atoms with Crippen molar-refractivity contribution in [2.75, 3.05) is 14.1 Å². The minimum absolute atomic E-state index is 0.600. The first-order chi connectivity index (χ1) is 15.6. The van der Waals surface area contributed by atoms with Crippen molar-refractivity contribution in [2.45, 2.75) is 64.3 Å². The second kappa shape index (κ2) is 10.4. The Bertz CT molecular complexity index is 981. The van der Waals surface area contributed by atoms with Crippen molar-refractivity contribution in [1.82, 2.24) is 15.0 Å². The van der Waals surface area contributed by atoms with E-state index in [2.05, 4.69) is 80.5 Å². The Hall–Kier alpha value is -2.46. The highest BCUT2D eigenvalue weighted by Gasteiger charge is 2.35. The standard InChI is InChI=1S/C28H37N3O/c1-5-26(31(3)4)23-16-15-22(25(19-23)21-12-7-6-8-13-21)17-18-27-29-28(30-32-27)24-14-10-9-11-20(24)2/h6-14,22-23,25-26H,5,15-19H2,1-4H3. The fraction of sp³-hybridized carbons (Fsp3) is 0.500. The normalized spacial score (nSPS) is 22.2. The summed E-state index contributed by atoms with van der Waals surface area (Å²) in [7, 11) is 4.47. The Morgan fingerprint density at radius 2 is 1.78 bits per heavy atom. The van der Waals surface area contributed by atoms with Crippen molar-refractivity contribution >= 4 is 0 Å². The summed E-state index contributed by atoms with van der Waals surface area (Å²) in [5.41, 5.74) is 3.72. The third-order valence-corrected chi connectivity index (χ3v) is 7.47. The lowest BCUT2D eigenvalue weighted by atomic mass is 9.67. The lowest BCUT2D eigenvalue weighted by Gasteiger charge is -2.41. The van der Waals surface area contributed by atoms with Gasteiger partial charge in [-0.25, -0.2) is 0 Å². The summed E-state index contributed by atoms with van der Waals surface area (Å²) < 4.78 is 5.65. The molecule has 1 fully saturated rings. The van der Waals surface area contributed by atoms with Gasteiger partial charge in [-0.2, -0.15) is 4.98 Å². The molecule has 4 atom stereocenters. The maximum absolute atomic E-state index is 5.65. The van der Waals surface area contributed by atoms with Crippen LogP contribution in [0.1, 0.15) is 62.0 Å². The highest BCUT2D eigenvalue weighted by Crippen LogP contribution is 2.44. The van der Waals surface area contributed by atoms with E-state index < -0.39 is 0 Å². The second-order valence-electron chi connectivity index (χ2n) is 9.65. The molecule has 0 aliphatic heterocycles. The summed E-state index contributed by atoms with van der Waals surface area (Å²) in [5, 5.41) is 4.26. The van der Waals surface area contributed by atoms with Gasteiger partial charge in [0.2, 0.25) is 11.7 Å². The molecule has 170 valence electrons. The molecule has 1 heterocycles. The van der Waals surface area contributed by atoms with E-state index in [0.29, 0.717) is 23.7 Å². The van der Waals surface area contributed by atoms with Crippen LogP contribution in [0.25, 0.3) is 11.4 Å². The molecule has 4 rings (SSSR count). The number of nitrogens with zero attached hydrogens (tertiary/aromatic N) is 3. The molecule has 1 aliphatic rings. The number of benzene rings is 2. The molecule has 3 aromatic rings. The van der Waals surface area contributed by atoms with Crippen molar-refractivity contribution in [3.8, 4) is 11.4 Å². The van der Waals surface area contributed by atoms with Gasteiger partial charge < -0.3 is 9.42 Å². The molecular formula is C28H37N3O. The molecule has 4 heteroatoms. The first-order valence-electron chi connectivity index (χ1n) is 12.2. The monoisotopic (exact) mass is 431 g/mol. The number of rotatable bonds is 8. The number of hydrogen-bond donors (Lipinski definition) is 0. The van der Waals surface area contributed by atoms with Crippen LogP contribution in [0.2, 0.25) is 0 Å². The average molecular weight is 432 g/mol. The van der Waals surface area contributed by atoms with Gasteiger partial charge in [-0.15, -0.1) is 0 Å². The largest absolute Gasteiger partial charge is 0.339 e. The van der Waals surface area contributed by atoms with Crippen molar-refractivity contribution in [3.63, 3.8) is 0 Å². The van der Waals surface area contributed by atoms with Crippen molar-refractivity contribution in [3.05, 3.63) is 71.6 Å². The van der Waals surface area contributed by atoms with Crippen LogP contribution < -0.4 is 0 Å². The van der Waals surface area contributed by atoms with E-state index in [1.807, 2.05) is 12.1 Å². The fourth-order valence-electron chi connectivity index (χ4n) is 5.79. The molecule has 0 bridgehead atoms. The number of aryl methyl sites for hydroxylation is 2. The molecular weight excluding hydrogens is 394 g/mol. The molecule has 4 nitrogen and oxygen atoms in total. The van der Waals surface area contributed by atoms with E-state index in [1.165, 1.54) is 36.8 Å². The smallest absolute Gasteiger partial charge is 0.226 e. The van der Waals surface area contributed by atoms with Crippen LogP contribution in [0.5, 0.6) is 0 Å². The van der Waals surface area contributed by atoms with Crippen molar-refractivity contribution < 1.29 is 4.52 Å². The Morgan fingerprint density at radius 3 is 2.50 bits per heavy atom. The second-order valence-corrected chi connectivity index (χ2v) is 9.65. The minimum Gasteiger partial charge on any atom is -0.339 e. The molecule has 0 N–H and O–H groups in total. The molecule has 32 heavy (non-hydrogen) atoms. The zero-order chi connectivity index (χ0) is 22.5. The van der Waals surface area contributed by atoms with E-state index in [0.717, 1.165) is 30.2 Å². The number of aromatic nitrogens is 2. The zero-order valence-electron chi connectivity index (χ0n) is 20.0. The zero-order valence-corrected chi connectivity index (χ0v) is 20.0. The van der Waals surface area contributed by atoms with Gasteiger partial charge in [0.05, 0.1) is 0 Å². The Kier molecular flexibility index (Phi) is 7.41. The molecule has 2 aromatic carbocycles. The topological polar surface area (TPSA) is 42.2 Å².